The molecule has 2 aromatic rings. The van der Waals surface area contributed by atoms with E-state index in [1.807, 2.05) is 13.2 Å². The highest BCUT2D eigenvalue weighted by Crippen LogP contribution is 2.20. The van der Waals surface area contributed by atoms with E-state index >= 15 is 0 Å². The first kappa shape index (κ1) is 14.7. The number of nitrogens with zero attached hydrogens (tertiary/aromatic N) is 3. The van der Waals surface area contributed by atoms with E-state index in [-0.39, 0.29) is 6.10 Å². The smallest absolute Gasteiger partial charge is 0.151 e. The average molecular weight is 277 g/mol. The Balaban J connectivity index is 1.99. The highest BCUT2D eigenvalue weighted by molar-refractivity contribution is 5.86. The fraction of sp³-hybridized carbons (Fsp3) is 0.571. The summed E-state index contributed by atoms with van der Waals surface area (Å²) in [6.45, 7) is 3.51. The van der Waals surface area contributed by atoms with Crippen LogP contribution in [0.1, 0.15) is 31.7 Å². The number of nitrogens with two attached hydrogens (primary N) is 1. The van der Waals surface area contributed by atoms with Gasteiger partial charge >= 0.3 is 0 Å². The summed E-state index contributed by atoms with van der Waals surface area (Å²) in [5, 5.41) is 9.94. The summed E-state index contributed by atoms with van der Waals surface area (Å²) < 4.78 is 0. The number of likely N-dealkylation sites (N-methyl/N-ethyl adjacent to an activating group) is 1. The Bertz CT molecular complexity index is 553. The Kier molecular flexibility index (Phi) is 4.92. The lowest BCUT2D eigenvalue weighted by molar-refractivity contribution is 0.113. The molecular formula is C14H23N5O. The van der Waals surface area contributed by atoms with E-state index in [2.05, 4.69) is 26.8 Å². The minimum absolute atomic E-state index is 0.273. The molecule has 20 heavy (non-hydrogen) atoms. The van der Waals surface area contributed by atoms with E-state index in [9.17, 15) is 5.11 Å². The van der Waals surface area contributed by atoms with Crippen LogP contribution in [0.5, 0.6) is 0 Å². The zero-order valence-corrected chi connectivity index (χ0v) is 12.1. The molecule has 0 aliphatic heterocycles. The Morgan fingerprint density at radius 2 is 2.25 bits per heavy atom. The lowest BCUT2D eigenvalue weighted by atomic mass is 10.1. The van der Waals surface area contributed by atoms with Gasteiger partial charge in [0.1, 0.15) is 11.8 Å². The van der Waals surface area contributed by atoms with Gasteiger partial charge in [-0.05, 0) is 13.5 Å². The number of unbranched alkanes of at least 4 members (excludes halogenated alkanes) is 1. The number of hydrogen-bond acceptors (Lipinski definition) is 5. The van der Waals surface area contributed by atoms with Gasteiger partial charge in [-0.15, -0.1) is 0 Å². The number of aliphatic hydroxyl groups is 1. The molecule has 0 saturated heterocycles. The summed E-state index contributed by atoms with van der Waals surface area (Å²) in [7, 11) is 2.00. The molecule has 4 N–H and O–H groups in total. The minimum atomic E-state index is -0.273. The van der Waals surface area contributed by atoms with Gasteiger partial charge in [-0.25, -0.2) is 9.97 Å². The van der Waals surface area contributed by atoms with E-state index in [1.165, 1.54) is 6.33 Å². The molecule has 0 spiro atoms. The van der Waals surface area contributed by atoms with Gasteiger partial charge in [0.25, 0.3) is 0 Å². The van der Waals surface area contributed by atoms with Gasteiger partial charge in [0, 0.05) is 24.8 Å². The zero-order chi connectivity index (χ0) is 14.5. The van der Waals surface area contributed by atoms with Crippen LogP contribution in [0.4, 0.5) is 5.82 Å². The van der Waals surface area contributed by atoms with Gasteiger partial charge in [-0.2, -0.15) is 0 Å². The summed E-state index contributed by atoms with van der Waals surface area (Å²) in [6.07, 6.45) is 6.13. The molecule has 1 unspecified atom stereocenters. The maximum absolute atomic E-state index is 9.94. The molecule has 0 bridgehead atoms. The number of H-pyrrole nitrogens is 1. The molecule has 0 radical (unpaired) electrons. The van der Waals surface area contributed by atoms with Crippen LogP contribution in [0, 0.1) is 0 Å². The van der Waals surface area contributed by atoms with Gasteiger partial charge in [0.2, 0.25) is 0 Å². The van der Waals surface area contributed by atoms with E-state index in [1.54, 1.807) is 0 Å². The number of anilines is 1. The van der Waals surface area contributed by atoms with Gasteiger partial charge < -0.3 is 15.8 Å². The molecule has 110 valence electrons. The van der Waals surface area contributed by atoms with Crippen LogP contribution in [0.25, 0.3) is 11.0 Å². The Hall–Kier alpha value is -1.66. The number of nitrogens with one attached hydrogen (secondary N) is 1. The quantitative estimate of drug-likeness (QED) is 0.714. The fourth-order valence-corrected chi connectivity index (χ4v) is 2.38. The van der Waals surface area contributed by atoms with Crippen molar-refractivity contribution >= 4 is 16.9 Å². The number of hydrogen-bond donors (Lipinski definition) is 3. The highest BCUT2D eigenvalue weighted by atomic mass is 16.3. The molecule has 0 aromatic carbocycles. The van der Waals surface area contributed by atoms with Crippen molar-refractivity contribution in [3.8, 4) is 0 Å². The van der Waals surface area contributed by atoms with Gasteiger partial charge in [0.05, 0.1) is 11.6 Å². The summed E-state index contributed by atoms with van der Waals surface area (Å²) in [6, 6.07) is 0. The third kappa shape index (κ3) is 3.46. The van der Waals surface area contributed by atoms with Crippen LogP contribution in [-0.2, 0) is 6.54 Å². The molecular weight excluding hydrogens is 254 g/mol. The average Bonchev–Trinajstić information content (AvgIpc) is 2.81. The molecule has 1 atom stereocenters. The zero-order valence-electron chi connectivity index (χ0n) is 12.1. The number of nitrogen functional groups attached to an aromatic ring is 1. The van der Waals surface area contributed by atoms with E-state index < -0.39 is 0 Å². The second kappa shape index (κ2) is 6.67. The summed E-state index contributed by atoms with van der Waals surface area (Å²) in [5.74, 6) is 0.465. The van der Waals surface area contributed by atoms with E-state index in [0.29, 0.717) is 12.4 Å². The maximum atomic E-state index is 9.94. The molecule has 0 aliphatic rings. The van der Waals surface area contributed by atoms with Crippen LogP contribution in [0.15, 0.2) is 12.5 Å². The largest absolute Gasteiger partial charge is 0.392 e. The molecule has 2 aromatic heterocycles. The first-order chi connectivity index (χ1) is 9.61. The third-order valence-corrected chi connectivity index (χ3v) is 3.43. The number of aliphatic hydroxyl groups excluding tert-OH is 1. The van der Waals surface area contributed by atoms with Crippen molar-refractivity contribution in [2.75, 3.05) is 19.3 Å². The summed E-state index contributed by atoms with van der Waals surface area (Å²) in [4.78, 5) is 13.4. The van der Waals surface area contributed by atoms with Crippen LogP contribution in [0.2, 0.25) is 0 Å². The van der Waals surface area contributed by atoms with Crippen molar-refractivity contribution in [1.82, 2.24) is 19.9 Å². The van der Waals surface area contributed by atoms with Crippen LogP contribution in [-0.4, -0.2) is 44.7 Å². The second-order valence-electron chi connectivity index (χ2n) is 5.29. The van der Waals surface area contributed by atoms with Crippen molar-refractivity contribution in [1.29, 1.82) is 0 Å². The first-order valence-electron chi connectivity index (χ1n) is 7.04. The van der Waals surface area contributed by atoms with E-state index in [0.717, 1.165) is 42.4 Å². The number of rotatable bonds is 7. The monoisotopic (exact) mass is 277 g/mol. The Labute approximate surface area is 119 Å². The standard InChI is InChI=1S/C14H23N5O/c1-3-4-5-11(20)8-19(2)7-10-6-16-13-12(10)17-9-18-14(13)15/h6,9,11,16,20H,3-5,7-8H2,1-2H3,(H2,15,17,18). The SMILES string of the molecule is CCCCC(O)CN(C)Cc1c[nH]c2c(N)ncnc12. The lowest BCUT2D eigenvalue weighted by Crippen LogP contribution is -2.28. The molecule has 6 heteroatoms. The van der Waals surface area contributed by atoms with Crippen molar-refractivity contribution in [3.63, 3.8) is 0 Å². The van der Waals surface area contributed by atoms with Crippen molar-refractivity contribution in [2.45, 2.75) is 38.8 Å². The lowest BCUT2D eigenvalue weighted by Gasteiger charge is -2.20. The second-order valence-corrected chi connectivity index (χ2v) is 5.29. The molecule has 0 amide bonds. The minimum Gasteiger partial charge on any atom is -0.392 e. The fourth-order valence-electron chi connectivity index (χ4n) is 2.38. The third-order valence-electron chi connectivity index (χ3n) is 3.43. The van der Waals surface area contributed by atoms with Crippen LogP contribution >= 0.6 is 0 Å². The molecule has 2 rings (SSSR count). The number of aromatic amines is 1. The maximum Gasteiger partial charge on any atom is 0.151 e. The van der Waals surface area contributed by atoms with E-state index in [4.69, 9.17) is 5.73 Å². The molecule has 0 fully saturated rings. The summed E-state index contributed by atoms with van der Waals surface area (Å²) in [5.41, 5.74) is 8.50. The number of aromatic nitrogens is 3. The van der Waals surface area contributed by atoms with Gasteiger partial charge in [-0.1, -0.05) is 19.8 Å². The Morgan fingerprint density at radius 3 is 3.00 bits per heavy atom. The Morgan fingerprint density at radius 1 is 1.45 bits per heavy atom. The van der Waals surface area contributed by atoms with Crippen molar-refractivity contribution in [3.05, 3.63) is 18.1 Å². The molecule has 2 heterocycles. The normalized spacial score (nSPS) is 13.2. The molecule has 6 nitrogen and oxygen atoms in total. The molecule has 0 saturated carbocycles. The van der Waals surface area contributed by atoms with Crippen LogP contribution < -0.4 is 5.73 Å². The van der Waals surface area contributed by atoms with Crippen molar-refractivity contribution < 1.29 is 5.11 Å². The summed E-state index contributed by atoms with van der Waals surface area (Å²) >= 11 is 0. The van der Waals surface area contributed by atoms with Gasteiger partial charge in [0.15, 0.2) is 5.82 Å². The predicted octanol–water partition coefficient (Wildman–Crippen LogP) is 1.52. The first-order valence-corrected chi connectivity index (χ1v) is 7.04. The van der Waals surface area contributed by atoms with Crippen molar-refractivity contribution in [2.24, 2.45) is 0 Å². The predicted molar refractivity (Wildman–Crippen MR) is 80.2 cm³/mol. The van der Waals surface area contributed by atoms with Gasteiger partial charge in [-0.3, -0.25) is 4.90 Å². The molecule has 0 aliphatic carbocycles. The number of fused-ring (bicyclic) bond motifs is 1. The topological polar surface area (TPSA) is 91.1 Å². The van der Waals surface area contributed by atoms with Crippen LogP contribution in [0.3, 0.4) is 0 Å². The highest BCUT2D eigenvalue weighted by Gasteiger charge is 2.12.